The van der Waals surface area contributed by atoms with Crippen LogP contribution in [0.25, 0.3) is 0 Å². The zero-order valence-corrected chi connectivity index (χ0v) is 13.2. The minimum Gasteiger partial charge on any atom is -0.378 e. The van der Waals surface area contributed by atoms with Gasteiger partial charge in [0, 0.05) is 12.6 Å². The first-order valence-corrected chi connectivity index (χ1v) is 8.54. The van der Waals surface area contributed by atoms with Crippen LogP contribution in [0.3, 0.4) is 0 Å². The van der Waals surface area contributed by atoms with Crippen molar-refractivity contribution in [1.82, 2.24) is 5.32 Å². The molecular formula is C17H33NO. The normalized spacial score (nSPS) is 38.1. The standard InChI is InChI=1S/C17H33NO/c1-4-18-17(12-16-7-5-6-8-19-16)15-10-13(2)9-14(3)11-15/h13-18H,4-12H2,1-3H3. The molecule has 0 aromatic carbocycles. The van der Waals surface area contributed by atoms with Crippen molar-refractivity contribution >= 4 is 0 Å². The predicted molar refractivity (Wildman–Crippen MR) is 81.3 cm³/mol. The molecule has 0 aromatic heterocycles. The molecule has 0 amide bonds. The summed E-state index contributed by atoms with van der Waals surface area (Å²) in [6, 6.07) is 0.679. The summed E-state index contributed by atoms with van der Waals surface area (Å²) in [6.45, 7) is 9.19. The highest BCUT2D eigenvalue weighted by atomic mass is 16.5. The molecule has 4 unspecified atom stereocenters. The molecule has 1 saturated carbocycles. The Hall–Kier alpha value is -0.0800. The Labute approximate surface area is 119 Å². The highest BCUT2D eigenvalue weighted by Gasteiger charge is 2.31. The van der Waals surface area contributed by atoms with Gasteiger partial charge in [0.15, 0.2) is 0 Å². The molecule has 4 atom stereocenters. The molecule has 1 aliphatic heterocycles. The van der Waals surface area contributed by atoms with Crippen LogP contribution in [-0.4, -0.2) is 25.3 Å². The molecule has 19 heavy (non-hydrogen) atoms. The van der Waals surface area contributed by atoms with Crippen molar-refractivity contribution in [3.63, 3.8) is 0 Å². The lowest BCUT2D eigenvalue weighted by atomic mass is 9.72. The van der Waals surface area contributed by atoms with Gasteiger partial charge < -0.3 is 10.1 Å². The molecule has 2 heteroatoms. The minimum atomic E-state index is 0.519. The van der Waals surface area contributed by atoms with Crippen molar-refractivity contribution in [2.24, 2.45) is 17.8 Å². The van der Waals surface area contributed by atoms with Gasteiger partial charge in [-0.3, -0.25) is 0 Å². The first kappa shape index (κ1) is 15.3. The van der Waals surface area contributed by atoms with Crippen molar-refractivity contribution in [2.75, 3.05) is 13.2 Å². The van der Waals surface area contributed by atoms with Gasteiger partial charge in [0.05, 0.1) is 6.10 Å². The van der Waals surface area contributed by atoms with Gasteiger partial charge in [0.1, 0.15) is 0 Å². The van der Waals surface area contributed by atoms with Crippen LogP contribution in [0.15, 0.2) is 0 Å². The van der Waals surface area contributed by atoms with Crippen LogP contribution < -0.4 is 5.32 Å². The van der Waals surface area contributed by atoms with Gasteiger partial charge >= 0.3 is 0 Å². The number of nitrogens with one attached hydrogen (secondary N) is 1. The molecule has 2 nitrogen and oxygen atoms in total. The highest BCUT2D eigenvalue weighted by Crippen LogP contribution is 2.36. The van der Waals surface area contributed by atoms with E-state index in [-0.39, 0.29) is 0 Å². The molecule has 0 radical (unpaired) electrons. The Bertz CT molecular complexity index is 240. The number of ether oxygens (including phenoxy) is 1. The third-order valence-electron chi connectivity index (χ3n) is 5.04. The monoisotopic (exact) mass is 267 g/mol. The van der Waals surface area contributed by atoms with Crippen molar-refractivity contribution in [2.45, 2.75) is 77.9 Å². The van der Waals surface area contributed by atoms with Gasteiger partial charge in [-0.05, 0) is 69.2 Å². The molecule has 2 aliphatic rings. The second kappa shape index (κ2) is 7.64. The Balaban J connectivity index is 1.89. The van der Waals surface area contributed by atoms with Gasteiger partial charge in [-0.15, -0.1) is 0 Å². The van der Waals surface area contributed by atoms with Crippen LogP contribution in [0.4, 0.5) is 0 Å². The summed E-state index contributed by atoms with van der Waals surface area (Å²) in [5, 5.41) is 3.76. The fourth-order valence-electron chi connectivity index (χ4n) is 4.32. The summed E-state index contributed by atoms with van der Waals surface area (Å²) < 4.78 is 5.96. The molecule has 1 aliphatic carbocycles. The maximum atomic E-state index is 5.96. The fourth-order valence-corrected chi connectivity index (χ4v) is 4.32. The van der Waals surface area contributed by atoms with Crippen LogP contribution in [0.2, 0.25) is 0 Å². The number of rotatable bonds is 5. The topological polar surface area (TPSA) is 21.3 Å². The van der Waals surface area contributed by atoms with E-state index in [1.165, 1.54) is 44.9 Å². The summed E-state index contributed by atoms with van der Waals surface area (Å²) in [7, 11) is 0. The van der Waals surface area contributed by atoms with Gasteiger partial charge in [-0.25, -0.2) is 0 Å². The maximum absolute atomic E-state index is 5.96. The van der Waals surface area contributed by atoms with Crippen molar-refractivity contribution in [3.8, 4) is 0 Å². The third kappa shape index (κ3) is 4.75. The zero-order valence-electron chi connectivity index (χ0n) is 13.2. The summed E-state index contributed by atoms with van der Waals surface area (Å²) in [5.41, 5.74) is 0. The predicted octanol–water partition coefficient (Wildman–Crippen LogP) is 4.00. The SMILES string of the molecule is CCNC(CC1CCCCO1)C1CC(C)CC(C)C1. The molecule has 112 valence electrons. The molecule has 0 aromatic rings. The number of hydrogen-bond donors (Lipinski definition) is 1. The van der Waals surface area contributed by atoms with E-state index in [1.807, 2.05) is 0 Å². The van der Waals surface area contributed by atoms with Gasteiger partial charge in [-0.2, -0.15) is 0 Å². The Morgan fingerprint density at radius 3 is 2.42 bits per heavy atom. The van der Waals surface area contributed by atoms with E-state index in [0.29, 0.717) is 12.1 Å². The molecule has 1 saturated heterocycles. The molecule has 2 rings (SSSR count). The zero-order chi connectivity index (χ0) is 13.7. The first-order valence-electron chi connectivity index (χ1n) is 8.54. The van der Waals surface area contributed by atoms with E-state index in [0.717, 1.165) is 30.9 Å². The second-order valence-corrected chi connectivity index (χ2v) is 7.07. The molecule has 0 bridgehead atoms. The largest absolute Gasteiger partial charge is 0.378 e. The summed E-state index contributed by atoms with van der Waals surface area (Å²) in [5.74, 6) is 2.67. The molecule has 0 spiro atoms. The van der Waals surface area contributed by atoms with Crippen molar-refractivity contribution in [3.05, 3.63) is 0 Å². The van der Waals surface area contributed by atoms with Crippen LogP contribution in [0.1, 0.15) is 65.7 Å². The second-order valence-electron chi connectivity index (χ2n) is 7.07. The van der Waals surface area contributed by atoms with Crippen LogP contribution in [-0.2, 0) is 4.74 Å². The van der Waals surface area contributed by atoms with Crippen molar-refractivity contribution in [1.29, 1.82) is 0 Å². The Morgan fingerprint density at radius 2 is 1.84 bits per heavy atom. The van der Waals surface area contributed by atoms with Gasteiger partial charge in [0.25, 0.3) is 0 Å². The molecule has 2 fully saturated rings. The lowest BCUT2D eigenvalue weighted by Crippen LogP contribution is -2.42. The van der Waals surface area contributed by atoms with Gasteiger partial charge in [0.2, 0.25) is 0 Å². The number of hydrogen-bond acceptors (Lipinski definition) is 2. The maximum Gasteiger partial charge on any atom is 0.0590 e. The van der Waals surface area contributed by atoms with Crippen molar-refractivity contribution < 1.29 is 4.74 Å². The molecule has 1 N–H and O–H groups in total. The molecule has 1 heterocycles. The van der Waals surface area contributed by atoms with E-state index in [2.05, 4.69) is 26.1 Å². The van der Waals surface area contributed by atoms with E-state index < -0.39 is 0 Å². The molecular weight excluding hydrogens is 234 g/mol. The summed E-state index contributed by atoms with van der Waals surface area (Å²) in [6.07, 6.45) is 9.90. The lowest BCUT2D eigenvalue weighted by molar-refractivity contribution is -0.00247. The van der Waals surface area contributed by atoms with Crippen LogP contribution in [0, 0.1) is 17.8 Å². The quantitative estimate of drug-likeness (QED) is 0.813. The van der Waals surface area contributed by atoms with E-state index >= 15 is 0 Å². The highest BCUT2D eigenvalue weighted by molar-refractivity contribution is 4.86. The van der Waals surface area contributed by atoms with E-state index in [4.69, 9.17) is 4.74 Å². The summed E-state index contributed by atoms with van der Waals surface area (Å²) >= 11 is 0. The fraction of sp³-hybridized carbons (Fsp3) is 1.00. The van der Waals surface area contributed by atoms with E-state index in [9.17, 15) is 0 Å². The smallest absolute Gasteiger partial charge is 0.0590 e. The van der Waals surface area contributed by atoms with Gasteiger partial charge in [-0.1, -0.05) is 20.8 Å². The Kier molecular flexibility index (Phi) is 6.15. The van der Waals surface area contributed by atoms with Crippen LogP contribution in [0.5, 0.6) is 0 Å². The Morgan fingerprint density at radius 1 is 1.11 bits per heavy atom. The van der Waals surface area contributed by atoms with E-state index in [1.54, 1.807) is 0 Å². The van der Waals surface area contributed by atoms with Crippen LogP contribution >= 0.6 is 0 Å². The average Bonchev–Trinajstić information content (AvgIpc) is 2.38. The third-order valence-corrected chi connectivity index (χ3v) is 5.04. The average molecular weight is 267 g/mol. The summed E-state index contributed by atoms with van der Waals surface area (Å²) in [4.78, 5) is 0. The lowest BCUT2D eigenvalue weighted by Gasteiger charge is -2.38. The minimum absolute atomic E-state index is 0.519. The first-order chi connectivity index (χ1) is 9.19.